The molecule has 0 spiro atoms. The standard InChI is InChI=1S/C28H29FN4O4/c1-3-37-28(36)18-10-19(11-18)31-14-16-4-5-21-17(9-16)12-25(35)26-22(6-7-30-27(26)33-21)32-23-13-24(34)15(2)8-20(23)29/h4-9,13,18-19,31,34H,3,10-12,14H2,1-2H3,(H2,30,32,33). The Hall–Kier alpha value is -3.98. The molecule has 2 aromatic carbocycles. The fourth-order valence-electron chi connectivity index (χ4n) is 4.76. The van der Waals surface area contributed by atoms with E-state index in [-0.39, 0.29) is 41.6 Å². The van der Waals surface area contributed by atoms with E-state index in [1.807, 2.05) is 25.1 Å². The Bertz CT molecular complexity index is 1370. The van der Waals surface area contributed by atoms with Gasteiger partial charge >= 0.3 is 5.97 Å². The maximum atomic E-state index is 14.5. The molecule has 1 saturated carbocycles. The van der Waals surface area contributed by atoms with Crippen molar-refractivity contribution >= 4 is 34.6 Å². The van der Waals surface area contributed by atoms with Gasteiger partial charge in [-0.3, -0.25) is 9.59 Å². The van der Waals surface area contributed by atoms with E-state index in [1.165, 1.54) is 12.1 Å². The molecule has 4 N–H and O–H groups in total. The van der Waals surface area contributed by atoms with Crippen LogP contribution in [-0.2, 0) is 22.5 Å². The van der Waals surface area contributed by atoms with E-state index in [2.05, 4.69) is 20.9 Å². The van der Waals surface area contributed by atoms with Gasteiger partial charge in [0.05, 0.1) is 29.5 Å². The first-order valence-corrected chi connectivity index (χ1v) is 12.4. The number of Topliss-reactive ketones (excluding diaryl/α,β-unsaturated/α-hetero) is 1. The summed E-state index contributed by atoms with van der Waals surface area (Å²) in [5.74, 6) is -0.502. The number of aromatic hydroxyl groups is 1. The number of fused-ring (bicyclic) bond motifs is 2. The first-order chi connectivity index (χ1) is 17.8. The molecule has 2 heterocycles. The number of phenols is 1. The number of esters is 1. The minimum absolute atomic E-state index is 0.0301. The van der Waals surface area contributed by atoms with Gasteiger partial charge in [0.1, 0.15) is 17.4 Å². The third-order valence-corrected chi connectivity index (χ3v) is 6.91. The van der Waals surface area contributed by atoms with Crippen LogP contribution in [0.5, 0.6) is 5.75 Å². The number of carbonyl (C=O) groups excluding carboxylic acids is 2. The second kappa shape index (κ2) is 10.2. The summed E-state index contributed by atoms with van der Waals surface area (Å²) in [6.45, 7) is 4.45. The zero-order chi connectivity index (χ0) is 26.1. The Labute approximate surface area is 214 Å². The highest BCUT2D eigenvalue weighted by atomic mass is 19.1. The van der Waals surface area contributed by atoms with Crippen LogP contribution in [-0.4, -0.2) is 34.5 Å². The molecule has 3 aromatic rings. The van der Waals surface area contributed by atoms with E-state index in [9.17, 15) is 19.1 Å². The molecular formula is C28H29FN4O4. The normalized spacial score (nSPS) is 18.1. The summed E-state index contributed by atoms with van der Waals surface area (Å²) in [5, 5.41) is 19.7. The summed E-state index contributed by atoms with van der Waals surface area (Å²) in [6.07, 6.45) is 3.22. The van der Waals surface area contributed by atoms with Crippen molar-refractivity contribution in [1.82, 2.24) is 10.3 Å². The number of nitrogens with zero attached hydrogens (tertiary/aromatic N) is 1. The van der Waals surface area contributed by atoms with Crippen LogP contribution in [0.3, 0.4) is 0 Å². The number of benzene rings is 2. The van der Waals surface area contributed by atoms with Crippen LogP contribution in [0.4, 0.5) is 27.3 Å². The van der Waals surface area contributed by atoms with Gasteiger partial charge in [0.2, 0.25) is 0 Å². The Balaban J connectivity index is 1.30. The lowest BCUT2D eigenvalue weighted by Gasteiger charge is -2.34. The first kappa shape index (κ1) is 24.7. The van der Waals surface area contributed by atoms with Crippen molar-refractivity contribution in [2.45, 2.75) is 45.7 Å². The largest absolute Gasteiger partial charge is 0.508 e. The number of pyridine rings is 1. The van der Waals surface area contributed by atoms with Crippen LogP contribution in [0.25, 0.3) is 0 Å². The number of anilines is 4. The van der Waals surface area contributed by atoms with Gasteiger partial charge in [-0.25, -0.2) is 9.37 Å². The van der Waals surface area contributed by atoms with Crippen molar-refractivity contribution in [3.05, 3.63) is 70.7 Å². The number of rotatable bonds is 7. The highest BCUT2D eigenvalue weighted by molar-refractivity contribution is 6.09. The van der Waals surface area contributed by atoms with Crippen LogP contribution < -0.4 is 16.0 Å². The molecule has 192 valence electrons. The van der Waals surface area contributed by atoms with Gasteiger partial charge in [0, 0.05) is 37.0 Å². The van der Waals surface area contributed by atoms with Crippen molar-refractivity contribution in [1.29, 1.82) is 0 Å². The molecule has 1 fully saturated rings. The van der Waals surface area contributed by atoms with Crippen molar-refractivity contribution in [2.24, 2.45) is 5.92 Å². The van der Waals surface area contributed by atoms with Gasteiger partial charge in [-0.05, 0) is 61.6 Å². The fraction of sp³-hybridized carbons (Fsp3) is 0.321. The number of halogens is 1. The molecule has 2 aliphatic rings. The number of nitrogens with one attached hydrogen (secondary N) is 3. The molecule has 1 aliphatic carbocycles. The van der Waals surface area contributed by atoms with Crippen LogP contribution in [0.1, 0.15) is 46.8 Å². The minimum atomic E-state index is -0.532. The first-order valence-electron chi connectivity index (χ1n) is 12.4. The molecule has 8 nitrogen and oxygen atoms in total. The van der Waals surface area contributed by atoms with E-state index in [0.717, 1.165) is 29.7 Å². The van der Waals surface area contributed by atoms with Gasteiger partial charge in [0.25, 0.3) is 0 Å². The summed E-state index contributed by atoms with van der Waals surface area (Å²) in [6, 6.07) is 10.3. The van der Waals surface area contributed by atoms with Crippen LogP contribution in [0.2, 0.25) is 0 Å². The number of aryl methyl sites for hydroxylation is 1. The average molecular weight is 505 g/mol. The van der Waals surface area contributed by atoms with E-state index >= 15 is 0 Å². The topological polar surface area (TPSA) is 113 Å². The number of hydrogen-bond donors (Lipinski definition) is 4. The lowest BCUT2D eigenvalue weighted by Crippen LogP contribution is -2.44. The van der Waals surface area contributed by atoms with Crippen molar-refractivity contribution < 1.29 is 23.8 Å². The molecule has 0 saturated heterocycles. The molecule has 1 aliphatic heterocycles. The number of aromatic nitrogens is 1. The number of ketones is 1. The number of hydrogen-bond acceptors (Lipinski definition) is 8. The Kier molecular flexibility index (Phi) is 6.80. The maximum Gasteiger partial charge on any atom is 0.309 e. The average Bonchev–Trinajstić information content (AvgIpc) is 2.97. The highest BCUT2D eigenvalue weighted by Crippen LogP contribution is 2.36. The maximum absolute atomic E-state index is 14.5. The van der Waals surface area contributed by atoms with Gasteiger partial charge in [-0.2, -0.15) is 0 Å². The predicted molar refractivity (Wildman–Crippen MR) is 138 cm³/mol. The van der Waals surface area contributed by atoms with E-state index < -0.39 is 5.82 Å². The zero-order valence-corrected chi connectivity index (χ0v) is 20.7. The molecule has 37 heavy (non-hydrogen) atoms. The minimum Gasteiger partial charge on any atom is -0.508 e. The third-order valence-electron chi connectivity index (χ3n) is 6.91. The van der Waals surface area contributed by atoms with Crippen LogP contribution in [0.15, 0.2) is 42.6 Å². The van der Waals surface area contributed by atoms with Gasteiger partial charge < -0.3 is 25.8 Å². The van der Waals surface area contributed by atoms with Crippen molar-refractivity contribution in [2.75, 3.05) is 17.2 Å². The summed E-state index contributed by atoms with van der Waals surface area (Å²) < 4.78 is 19.6. The van der Waals surface area contributed by atoms with E-state index in [0.29, 0.717) is 35.8 Å². The Morgan fingerprint density at radius 1 is 1.22 bits per heavy atom. The second-order valence-corrected chi connectivity index (χ2v) is 9.54. The summed E-state index contributed by atoms with van der Waals surface area (Å²) in [4.78, 5) is 29.5. The van der Waals surface area contributed by atoms with Crippen LogP contribution in [0, 0.1) is 18.7 Å². The van der Waals surface area contributed by atoms with Crippen molar-refractivity contribution in [3.63, 3.8) is 0 Å². The molecule has 1 aromatic heterocycles. The third kappa shape index (κ3) is 5.13. The van der Waals surface area contributed by atoms with Gasteiger partial charge in [-0.15, -0.1) is 0 Å². The lowest BCUT2D eigenvalue weighted by molar-refractivity contribution is -0.151. The zero-order valence-electron chi connectivity index (χ0n) is 20.7. The molecule has 0 radical (unpaired) electrons. The van der Waals surface area contributed by atoms with E-state index in [4.69, 9.17) is 4.74 Å². The van der Waals surface area contributed by atoms with Crippen molar-refractivity contribution in [3.8, 4) is 5.75 Å². The van der Waals surface area contributed by atoms with Gasteiger partial charge in [0.15, 0.2) is 5.78 Å². The fourth-order valence-corrected chi connectivity index (χ4v) is 4.76. The Morgan fingerprint density at radius 3 is 2.81 bits per heavy atom. The summed E-state index contributed by atoms with van der Waals surface area (Å²) in [7, 11) is 0. The summed E-state index contributed by atoms with van der Waals surface area (Å²) >= 11 is 0. The monoisotopic (exact) mass is 504 g/mol. The Morgan fingerprint density at radius 2 is 2.03 bits per heavy atom. The SMILES string of the molecule is CCOC(=O)C1CC(NCc2ccc3c(c2)CC(=O)c2c(Nc4cc(O)c(C)cc4F)ccnc2N3)C1. The summed E-state index contributed by atoms with van der Waals surface area (Å²) in [5.41, 5.74) is 3.88. The molecule has 0 unspecified atom stereocenters. The smallest absolute Gasteiger partial charge is 0.309 e. The molecule has 5 rings (SSSR count). The molecule has 0 amide bonds. The molecular weight excluding hydrogens is 475 g/mol. The number of ether oxygens (including phenoxy) is 1. The molecule has 9 heteroatoms. The quantitative estimate of drug-likeness (QED) is 0.337. The second-order valence-electron chi connectivity index (χ2n) is 9.54. The highest BCUT2D eigenvalue weighted by Gasteiger charge is 2.35. The molecule has 0 bridgehead atoms. The predicted octanol–water partition coefficient (Wildman–Crippen LogP) is 4.89. The lowest BCUT2D eigenvalue weighted by atomic mass is 9.80. The molecule has 0 atom stereocenters. The van der Waals surface area contributed by atoms with Gasteiger partial charge in [-0.1, -0.05) is 12.1 Å². The van der Waals surface area contributed by atoms with E-state index in [1.54, 1.807) is 19.2 Å². The number of phenolic OH excluding ortho intramolecular Hbond substituents is 1. The van der Waals surface area contributed by atoms with Crippen LogP contribution >= 0.6 is 0 Å². The number of carbonyl (C=O) groups is 2.